The molecule has 0 saturated carbocycles. The topological polar surface area (TPSA) is 55.1 Å². The lowest BCUT2D eigenvalue weighted by molar-refractivity contribution is -0.114. The van der Waals surface area contributed by atoms with Gasteiger partial charge in [-0.2, -0.15) is 0 Å². The number of nitrogens with one attached hydrogen (secondary N) is 1. The molecule has 70 valence electrons. The Kier molecular flexibility index (Phi) is 2.87. The molecule has 3 N–H and O–H groups in total. The Bertz CT molecular complexity index is 354. The molecule has 1 aromatic carbocycles. The monoisotopic (exact) mass is 246 g/mol. The van der Waals surface area contributed by atoms with Crippen LogP contribution in [0.5, 0.6) is 0 Å². The number of hydrogen-bond donors (Lipinski definition) is 2. The second kappa shape index (κ2) is 3.74. The normalized spacial score (nSPS) is 9.77. The summed E-state index contributed by atoms with van der Waals surface area (Å²) in [4.78, 5) is 10.6. The lowest BCUT2D eigenvalue weighted by Crippen LogP contribution is -2.08. The molecule has 0 unspecified atom stereocenters. The van der Waals surface area contributed by atoms with Gasteiger partial charge < -0.3 is 11.1 Å². The van der Waals surface area contributed by atoms with Crippen molar-refractivity contribution in [1.29, 1.82) is 0 Å². The van der Waals surface area contributed by atoms with E-state index in [1.54, 1.807) is 0 Å². The molecule has 0 bridgehead atoms. The number of benzene rings is 1. The van der Waals surface area contributed by atoms with E-state index in [-0.39, 0.29) is 11.6 Å². The van der Waals surface area contributed by atoms with E-state index in [0.29, 0.717) is 10.2 Å². The van der Waals surface area contributed by atoms with Gasteiger partial charge in [-0.25, -0.2) is 4.39 Å². The molecular formula is C8H8BrFN2O. The minimum absolute atomic E-state index is 0.0909. The summed E-state index contributed by atoms with van der Waals surface area (Å²) in [5.74, 6) is -0.850. The Morgan fingerprint density at radius 1 is 1.62 bits per heavy atom. The summed E-state index contributed by atoms with van der Waals surface area (Å²) >= 11 is 3.07. The Hall–Kier alpha value is -1.10. The number of nitrogen functional groups attached to an aromatic ring is 1. The van der Waals surface area contributed by atoms with Crippen molar-refractivity contribution in [3.05, 3.63) is 22.4 Å². The van der Waals surface area contributed by atoms with Gasteiger partial charge in [0.15, 0.2) is 0 Å². The molecule has 0 fully saturated rings. The van der Waals surface area contributed by atoms with Crippen LogP contribution in [0.1, 0.15) is 6.92 Å². The molecule has 5 heteroatoms. The van der Waals surface area contributed by atoms with Gasteiger partial charge >= 0.3 is 0 Å². The maximum atomic E-state index is 13.1. The van der Waals surface area contributed by atoms with Crippen molar-refractivity contribution in [2.24, 2.45) is 0 Å². The average molecular weight is 247 g/mol. The van der Waals surface area contributed by atoms with E-state index in [4.69, 9.17) is 5.73 Å². The Morgan fingerprint density at radius 3 is 2.77 bits per heavy atom. The number of rotatable bonds is 1. The Labute approximate surface area is 83.2 Å². The van der Waals surface area contributed by atoms with Gasteiger partial charge in [0, 0.05) is 17.1 Å². The SMILES string of the molecule is CC(=O)Nc1cc(N)c(Br)cc1F. The fourth-order valence-electron chi connectivity index (χ4n) is 0.851. The lowest BCUT2D eigenvalue weighted by Gasteiger charge is -2.05. The molecule has 0 heterocycles. The van der Waals surface area contributed by atoms with E-state index in [9.17, 15) is 9.18 Å². The maximum Gasteiger partial charge on any atom is 0.221 e. The van der Waals surface area contributed by atoms with Crippen LogP contribution in [-0.4, -0.2) is 5.91 Å². The first-order chi connectivity index (χ1) is 6.00. The number of carbonyl (C=O) groups is 1. The third-order valence-electron chi connectivity index (χ3n) is 1.40. The molecule has 0 spiro atoms. The number of hydrogen-bond acceptors (Lipinski definition) is 2. The molecule has 0 radical (unpaired) electrons. The second-order valence-corrected chi connectivity index (χ2v) is 3.39. The molecule has 0 saturated heterocycles. The molecule has 1 rings (SSSR count). The van der Waals surface area contributed by atoms with Gasteiger partial charge in [0.2, 0.25) is 5.91 Å². The van der Waals surface area contributed by atoms with E-state index in [2.05, 4.69) is 21.2 Å². The van der Waals surface area contributed by atoms with E-state index < -0.39 is 5.82 Å². The third-order valence-corrected chi connectivity index (χ3v) is 2.08. The zero-order chi connectivity index (χ0) is 10.0. The van der Waals surface area contributed by atoms with Gasteiger partial charge in [-0.05, 0) is 28.1 Å². The largest absolute Gasteiger partial charge is 0.398 e. The minimum atomic E-state index is -0.517. The summed E-state index contributed by atoms with van der Waals surface area (Å²) in [5, 5.41) is 2.33. The van der Waals surface area contributed by atoms with Crippen LogP contribution in [0, 0.1) is 5.82 Å². The standard InChI is InChI=1S/C8H8BrFN2O/c1-4(13)12-8-3-7(11)5(9)2-6(8)10/h2-3H,11H2,1H3,(H,12,13). The quantitative estimate of drug-likeness (QED) is 0.747. The van der Waals surface area contributed by atoms with Crippen LogP contribution in [0.3, 0.4) is 0 Å². The fourth-order valence-corrected chi connectivity index (χ4v) is 1.17. The highest BCUT2D eigenvalue weighted by Crippen LogP contribution is 2.26. The van der Waals surface area contributed by atoms with Crippen LogP contribution in [0.15, 0.2) is 16.6 Å². The van der Waals surface area contributed by atoms with Gasteiger partial charge in [0.25, 0.3) is 0 Å². The fraction of sp³-hybridized carbons (Fsp3) is 0.125. The van der Waals surface area contributed by atoms with E-state index in [0.717, 1.165) is 0 Å². The number of halogens is 2. The minimum Gasteiger partial charge on any atom is -0.398 e. The summed E-state index contributed by atoms with van der Waals surface area (Å²) < 4.78 is 13.6. The summed E-state index contributed by atoms with van der Waals surface area (Å²) in [5.41, 5.74) is 5.97. The van der Waals surface area contributed by atoms with Crippen molar-refractivity contribution < 1.29 is 9.18 Å². The zero-order valence-electron chi connectivity index (χ0n) is 6.90. The number of anilines is 2. The second-order valence-electron chi connectivity index (χ2n) is 2.53. The van der Waals surface area contributed by atoms with Crippen molar-refractivity contribution in [3.8, 4) is 0 Å². The molecule has 0 atom stereocenters. The molecule has 1 aromatic rings. The number of nitrogens with two attached hydrogens (primary N) is 1. The first kappa shape index (κ1) is 9.98. The van der Waals surface area contributed by atoms with Crippen LogP contribution in [-0.2, 0) is 4.79 Å². The average Bonchev–Trinajstić information content (AvgIpc) is 1.99. The predicted molar refractivity (Wildman–Crippen MR) is 52.8 cm³/mol. The third kappa shape index (κ3) is 2.42. The van der Waals surface area contributed by atoms with Gasteiger partial charge in [0.1, 0.15) is 5.82 Å². The maximum absolute atomic E-state index is 13.1. The highest BCUT2D eigenvalue weighted by molar-refractivity contribution is 9.10. The first-order valence-corrected chi connectivity index (χ1v) is 4.32. The molecule has 0 aliphatic carbocycles. The molecule has 0 aliphatic rings. The van der Waals surface area contributed by atoms with Crippen LogP contribution < -0.4 is 11.1 Å². The highest BCUT2D eigenvalue weighted by atomic mass is 79.9. The molecular weight excluding hydrogens is 239 g/mol. The summed E-state index contributed by atoms with van der Waals surface area (Å²) in [6.07, 6.45) is 0. The van der Waals surface area contributed by atoms with Gasteiger partial charge in [-0.1, -0.05) is 0 Å². The van der Waals surface area contributed by atoms with Crippen molar-refractivity contribution in [3.63, 3.8) is 0 Å². The molecule has 0 aromatic heterocycles. The van der Waals surface area contributed by atoms with Gasteiger partial charge in [-0.15, -0.1) is 0 Å². The number of amides is 1. The highest BCUT2D eigenvalue weighted by Gasteiger charge is 2.06. The van der Waals surface area contributed by atoms with Crippen LogP contribution >= 0.6 is 15.9 Å². The molecule has 0 aliphatic heterocycles. The summed E-state index contributed by atoms with van der Waals surface area (Å²) in [6, 6.07) is 2.57. The lowest BCUT2D eigenvalue weighted by atomic mass is 10.2. The first-order valence-electron chi connectivity index (χ1n) is 3.53. The van der Waals surface area contributed by atoms with Crippen molar-refractivity contribution in [1.82, 2.24) is 0 Å². The molecule has 13 heavy (non-hydrogen) atoms. The smallest absolute Gasteiger partial charge is 0.221 e. The van der Waals surface area contributed by atoms with Crippen molar-refractivity contribution in [2.45, 2.75) is 6.92 Å². The summed E-state index contributed by atoms with van der Waals surface area (Å²) in [6.45, 7) is 1.30. The Balaban J connectivity index is 3.08. The van der Waals surface area contributed by atoms with Crippen LogP contribution in [0.4, 0.5) is 15.8 Å². The van der Waals surface area contributed by atoms with E-state index in [1.807, 2.05) is 0 Å². The molecule has 3 nitrogen and oxygen atoms in total. The summed E-state index contributed by atoms with van der Waals surface area (Å²) in [7, 11) is 0. The van der Waals surface area contributed by atoms with Crippen LogP contribution in [0.2, 0.25) is 0 Å². The van der Waals surface area contributed by atoms with Crippen LogP contribution in [0.25, 0.3) is 0 Å². The van der Waals surface area contributed by atoms with Crippen molar-refractivity contribution in [2.75, 3.05) is 11.1 Å². The van der Waals surface area contributed by atoms with Gasteiger partial charge in [-0.3, -0.25) is 4.79 Å². The van der Waals surface area contributed by atoms with Gasteiger partial charge in [0.05, 0.1) is 5.69 Å². The molecule has 1 amide bonds. The Morgan fingerprint density at radius 2 is 2.23 bits per heavy atom. The number of carbonyl (C=O) groups excluding carboxylic acids is 1. The predicted octanol–water partition coefficient (Wildman–Crippen LogP) is 2.13. The van der Waals surface area contributed by atoms with E-state index >= 15 is 0 Å². The van der Waals surface area contributed by atoms with E-state index in [1.165, 1.54) is 19.1 Å². The van der Waals surface area contributed by atoms with Crippen molar-refractivity contribution >= 4 is 33.2 Å². The zero-order valence-corrected chi connectivity index (χ0v) is 8.48.